The predicted molar refractivity (Wildman–Crippen MR) is 155 cm³/mol. The zero-order chi connectivity index (χ0) is 38.7. The summed E-state index contributed by atoms with van der Waals surface area (Å²) < 4.78 is 134. The number of phosphoric acid groups is 6. The fraction of sp³-hybridized carbons (Fsp3) is 1.00. The molecule has 29 nitrogen and oxygen atoms in total. The lowest BCUT2D eigenvalue weighted by molar-refractivity contribution is -0.202. The Morgan fingerprint density at radius 1 is 0.480 bits per heavy atom. The van der Waals surface area contributed by atoms with Crippen LogP contribution < -0.4 is 0 Å². The lowest BCUT2D eigenvalue weighted by Crippen LogP contribution is -2.66. The van der Waals surface area contributed by atoms with E-state index in [-0.39, 0.29) is 39.3 Å². The van der Waals surface area contributed by atoms with Gasteiger partial charge in [0.15, 0.2) is 0 Å². The number of hydrogen-bond donors (Lipinski definition) is 12. The van der Waals surface area contributed by atoms with E-state index < -0.39 is 106 Å². The molecule has 0 aromatic carbocycles. The number of rotatable bonds is 19. The van der Waals surface area contributed by atoms with Crippen molar-refractivity contribution in [2.75, 3.05) is 51.6 Å². The van der Waals surface area contributed by atoms with E-state index in [2.05, 4.69) is 22.6 Å². The molecule has 0 aromatic heterocycles. The van der Waals surface area contributed by atoms with Crippen LogP contribution in [-0.4, -0.2) is 165 Å². The lowest BCUT2D eigenvalue weighted by Gasteiger charge is -2.48. The Morgan fingerprint density at radius 2 is 0.740 bits per heavy atom. The minimum atomic E-state index is -6.09. The van der Waals surface area contributed by atoms with Gasteiger partial charge in [-0.25, -0.2) is 27.4 Å². The Hall–Kier alpha value is 0.490. The fourth-order valence-corrected chi connectivity index (χ4v) is 8.78. The van der Waals surface area contributed by atoms with Crippen molar-refractivity contribution in [1.29, 1.82) is 0 Å². The molecule has 36 heteroatoms. The van der Waals surface area contributed by atoms with Gasteiger partial charge in [-0.2, -0.15) is 8.42 Å². The molecule has 50 heavy (non-hydrogen) atoms. The maximum atomic E-state index is 13.0. The summed E-state index contributed by atoms with van der Waals surface area (Å²) in [6.07, 6.45) is -18.9. The molecule has 1 saturated heterocycles. The summed E-state index contributed by atoms with van der Waals surface area (Å²) >= 11 is 0. The van der Waals surface area contributed by atoms with Crippen LogP contribution in [0.25, 0.3) is 0 Å². The molecule has 0 aromatic rings. The Bertz CT molecular complexity index is 1480. The standard InChI is InChI=1S/C14H34N2O27P6S/c17-44(18,19)38-9-10(39-45(20,21)22)12(41-47(26,27)28)14(13(42-48(29,30)31)11(9)40-46(23,24)25)43-49(32,33)37-7-5-15-1-3-16(4-2-15)6-8-50(34,35)36/h9-14H,1-8H2,(H,32,33)(H2,17,18,19)(H2,20,21,22)(H2,23,24,25)(H2,26,27,28)(H2,29,30,31)(H,34,35,36)/t9?,10-,11+,12-,13-,14?/m0/s1. The van der Waals surface area contributed by atoms with Crippen molar-refractivity contribution in [1.82, 2.24) is 9.80 Å². The van der Waals surface area contributed by atoms with Gasteiger partial charge in [0.1, 0.15) is 36.6 Å². The number of nitrogens with zero attached hydrogens (tertiary/aromatic N) is 2. The molecular formula is C14H34N2O27P6S. The average molecular weight is 880 g/mol. The van der Waals surface area contributed by atoms with Gasteiger partial charge < -0.3 is 53.8 Å². The molecule has 0 bridgehead atoms. The maximum Gasteiger partial charge on any atom is 0.472 e. The minimum absolute atomic E-state index is 0.0144. The maximum absolute atomic E-state index is 13.0. The summed E-state index contributed by atoms with van der Waals surface area (Å²) in [5, 5.41) is 0. The lowest BCUT2D eigenvalue weighted by atomic mass is 9.85. The van der Waals surface area contributed by atoms with Gasteiger partial charge >= 0.3 is 46.9 Å². The summed E-state index contributed by atoms with van der Waals surface area (Å²) in [6.45, 7) is -0.0152. The van der Waals surface area contributed by atoms with Crippen molar-refractivity contribution < 1.29 is 126 Å². The van der Waals surface area contributed by atoms with E-state index in [4.69, 9.17) is 13.6 Å². The second-order valence-corrected chi connectivity index (χ2v) is 19.1. The summed E-state index contributed by atoms with van der Waals surface area (Å²) in [5.41, 5.74) is 0. The molecule has 0 radical (unpaired) electrons. The average Bonchev–Trinajstić information content (AvgIpc) is 2.86. The Morgan fingerprint density at radius 3 is 1.00 bits per heavy atom. The molecule has 0 amide bonds. The summed E-state index contributed by atoms with van der Waals surface area (Å²) in [6, 6.07) is 0. The molecule has 1 aliphatic heterocycles. The van der Waals surface area contributed by atoms with E-state index >= 15 is 0 Å². The molecule has 2 rings (SSSR count). The van der Waals surface area contributed by atoms with E-state index in [1.165, 1.54) is 0 Å². The molecule has 2 fully saturated rings. The van der Waals surface area contributed by atoms with Crippen LogP contribution in [0.1, 0.15) is 0 Å². The summed E-state index contributed by atoms with van der Waals surface area (Å²) in [7, 11) is -40.5. The highest BCUT2D eigenvalue weighted by Gasteiger charge is 2.63. The van der Waals surface area contributed by atoms with Crippen molar-refractivity contribution in [2.45, 2.75) is 36.6 Å². The molecule has 1 aliphatic carbocycles. The molecule has 2 aliphatic rings. The highest BCUT2D eigenvalue weighted by atomic mass is 32.2. The van der Waals surface area contributed by atoms with Crippen molar-refractivity contribution >= 4 is 57.1 Å². The monoisotopic (exact) mass is 880 g/mol. The third-order valence-electron chi connectivity index (χ3n) is 6.29. The highest BCUT2D eigenvalue weighted by molar-refractivity contribution is 7.85. The van der Waals surface area contributed by atoms with Gasteiger partial charge in [0, 0.05) is 39.3 Å². The summed E-state index contributed by atoms with van der Waals surface area (Å²) in [5.74, 6) is -0.548. The first kappa shape index (κ1) is 46.6. The van der Waals surface area contributed by atoms with Crippen LogP contribution in [0, 0.1) is 0 Å². The van der Waals surface area contributed by atoms with Gasteiger partial charge in [0.2, 0.25) is 0 Å². The quantitative estimate of drug-likeness (QED) is 0.0440. The van der Waals surface area contributed by atoms with Gasteiger partial charge in [0.05, 0.1) is 12.4 Å². The fourth-order valence-electron chi connectivity index (χ4n) is 4.58. The Labute approximate surface area is 280 Å². The zero-order valence-electron chi connectivity index (χ0n) is 24.6. The van der Waals surface area contributed by atoms with Crippen LogP contribution in [0.15, 0.2) is 0 Å². The number of piperazine rings is 1. The Balaban J connectivity index is 2.50. The smallest absolute Gasteiger partial charge is 0.303 e. The topological polar surface area (TPSA) is 450 Å². The molecule has 12 N–H and O–H groups in total. The van der Waals surface area contributed by atoms with E-state index in [0.717, 1.165) is 0 Å². The van der Waals surface area contributed by atoms with E-state index in [1.54, 1.807) is 9.80 Å². The second kappa shape index (κ2) is 17.5. The molecule has 3 unspecified atom stereocenters. The highest BCUT2D eigenvalue weighted by Crippen LogP contribution is 2.58. The normalized spacial score (nSPS) is 28.4. The third kappa shape index (κ3) is 18.2. The molecule has 7 atom stereocenters. The first-order valence-corrected chi connectivity index (χ1v) is 23.7. The van der Waals surface area contributed by atoms with Crippen molar-refractivity contribution in [3.05, 3.63) is 0 Å². The van der Waals surface area contributed by atoms with Crippen LogP contribution >= 0.6 is 46.9 Å². The second-order valence-electron chi connectivity index (χ2n) is 10.1. The molecular weight excluding hydrogens is 846 g/mol. The molecule has 298 valence electrons. The van der Waals surface area contributed by atoms with Crippen molar-refractivity contribution in [3.8, 4) is 0 Å². The predicted octanol–water partition coefficient (Wildman–Crippen LogP) is -3.60. The van der Waals surface area contributed by atoms with Crippen LogP contribution in [0.4, 0.5) is 0 Å². The zero-order valence-corrected chi connectivity index (χ0v) is 30.8. The van der Waals surface area contributed by atoms with E-state index in [9.17, 15) is 89.6 Å². The minimum Gasteiger partial charge on any atom is -0.303 e. The molecule has 1 saturated carbocycles. The Kier molecular flexibility index (Phi) is 16.3. The van der Waals surface area contributed by atoms with Crippen LogP contribution in [0.2, 0.25) is 0 Å². The van der Waals surface area contributed by atoms with Gasteiger partial charge in [-0.05, 0) is 0 Å². The molecule has 0 spiro atoms. The van der Waals surface area contributed by atoms with Crippen LogP contribution in [-0.2, 0) is 69.2 Å². The largest absolute Gasteiger partial charge is 0.472 e. The van der Waals surface area contributed by atoms with E-state index in [0.29, 0.717) is 0 Å². The SMILES string of the molecule is O=P(O)(O)OC1[C@@H](OP(=O)(O)O)[C@H](OP(=O)(O)O)C(OP(=O)(O)OCCN2CCN(CCS(=O)(=O)O)CC2)[C@@H](OP(=O)(O)O)[C@H]1OP(=O)(O)O. The van der Waals surface area contributed by atoms with Gasteiger partial charge in [-0.15, -0.1) is 0 Å². The molecule has 1 heterocycles. The number of phosphoric ester groups is 6. The van der Waals surface area contributed by atoms with Crippen LogP contribution in [0.5, 0.6) is 0 Å². The van der Waals surface area contributed by atoms with Gasteiger partial charge in [-0.3, -0.25) is 46.0 Å². The van der Waals surface area contributed by atoms with E-state index in [1.807, 2.05) is 0 Å². The first-order chi connectivity index (χ1) is 22.2. The van der Waals surface area contributed by atoms with Crippen molar-refractivity contribution in [2.24, 2.45) is 0 Å². The first-order valence-electron chi connectivity index (χ1n) is 13.0. The van der Waals surface area contributed by atoms with Crippen LogP contribution in [0.3, 0.4) is 0 Å². The third-order valence-corrected chi connectivity index (χ3v) is 10.6. The van der Waals surface area contributed by atoms with Gasteiger partial charge in [0.25, 0.3) is 10.1 Å². The number of hydrogen-bond acceptors (Lipinski definition) is 17. The van der Waals surface area contributed by atoms with Gasteiger partial charge in [-0.1, -0.05) is 0 Å². The van der Waals surface area contributed by atoms with Crippen molar-refractivity contribution in [3.63, 3.8) is 0 Å². The summed E-state index contributed by atoms with van der Waals surface area (Å²) in [4.78, 5) is 108.